The third-order valence-corrected chi connectivity index (χ3v) is 3.19. The number of halogens is 1. The van der Waals surface area contributed by atoms with Crippen LogP contribution >= 0.6 is 0 Å². The second kappa shape index (κ2) is 5.62. The second-order valence-electron chi connectivity index (χ2n) is 3.71. The Morgan fingerprint density at radius 3 is 2.47 bits per heavy atom. The Hall–Kier alpha value is -2.21. The van der Waals surface area contributed by atoms with Crippen molar-refractivity contribution in [1.82, 2.24) is 4.98 Å². The molecule has 1 heterocycles. The third-order valence-electron chi connectivity index (χ3n) is 2.20. The zero-order valence-corrected chi connectivity index (χ0v) is 10.6. The van der Waals surface area contributed by atoms with Crippen molar-refractivity contribution in [3.8, 4) is 0 Å². The van der Waals surface area contributed by atoms with Gasteiger partial charge in [0.05, 0.1) is 5.41 Å². The normalized spacial score (nSPS) is 11.6. The van der Waals surface area contributed by atoms with Gasteiger partial charge in [-0.2, -0.15) is 4.39 Å². The number of anilines is 1. The summed E-state index contributed by atoms with van der Waals surface area (Å²) in [6.07, 6.45) is 1.45. The van der Waals surface area contributed by atoms with Gasteiger partial charge in [-0.3, -0.25) is 4.72 Å². The van der Waals surface area contributed by atoms with Crippen molar-refractivity contribution in [1.29, 1.82) is 0 Å². The van der Waals surface area contributed by atoms with Gasteiger partial charge in [0.25, 0.3) is 10.0 Å². The molecular weight excluding hydrogens is 267 g/mol. The molecule has 2 aromatic rings. The molecule has 19 heavy (non-hydrogen) atoms. The molecule has 0 saturated heterocycles. The highest BCUT2D eigenvalue weighted by molar-refractivity contribution is 7.95. The van der Waals surface area contributed by atoms with Gasteiger partial charge in [-0.05, 0) is 23.8 Å². The number of pyridine rings is 1. The van der Waals surface area contributed by atoms with E-state index in [4.69, 9.17) is 0 Å². The fourth-order valence-corrected chi connectivity index (χ4v) is 2.19. The monoisotopic (exact) mass is 278 g/mol. The van der Waals surface area contributed by atoms with Crippen LogP contribution in [-0.4, -0.2) is 13.4 Å². The van der Waals surface area contributed by atoms with Gasteiger partial charge >= 0.3 is 0 Å². The molecule has 0 radical (unpaired) electrons. The van der Waals surface area contributed by atoms with Gasteiger partial charge in [0, 0.05) is 0 Å². The van der Waals surface area contributed by atoms with Crippen molar-refractivity contribution in [2.75, 3.05) is 4.72 Å². The summed E-state index contributed by atoms with van der Waals surface area (Å²) in [5, 5.41) is 1.01. The molecule has 0 saturated carbocycles. The lowest BCUT2D eigenvalue weighted by molar-refractivity contribution is 0.585. The standard InChI is InChI=1S/C13H11FN2O2S/c14-12-7-4-8-13(15-12)16-19(17,18)10-9-11-5-2-1-3-6-11/h1-10H,(H,15,16)/b10-9+. The van der Waals surface area contributed by atoms with Crippen LogP contribution in [0.4, 0.5) is 10.2 Å². The van der Waals surface area contributed by atoms with E-state index in [1.807, 2.05) is 6.07 Å². The molecule has 0 spiro atoms. The average Bonchev–Trinajstić information content (AvgIpc) is 2.37. The van der Waals surface area contributed by atoms with Crippen LogP contribution in [0.3, 0.4) is 0 Å². The Morgan fingerprint density at radius 1 is 1.05 bits per heavy atom. The molecule has 0 bridgehead atoms. The van der Waals surface area contributed by atoms with E-state index in [1.165, 1.54) is 18.2 Å². The average molecular weight is 278 g/mol. The van der Waals surface area contributed by atoms with Crippen LogP contribution in [0.2, 0.25) is 0 Å². The van der Waals surface area contributed by atoms with Crippen LogP contribution in [0.25, 0.3) is 6.08 Å². The molecule has 1 N–H and O–H groups in total. The molecule has 2 rings (SSSR count). The van der Waals surface area contributed by atoms with Gasteiger partial charge in [-0.25, -0.2) is 13.4 Å². The number of hydrogen-bond acceptors (Lipinski definition) is 3. The van der Waals surface area contributed by atoms with E-state index in [9.17, 15) is 12.8 Å². The van der Waals surface area contributed by atoms with Gasteiger partial charge in [0.1, 0.15) is 5.82 Å². The maximum Gasteiger partial charge on any atom is 0.256 e. The van der Waals surface area contributed by atoms with Crippen molar-refractivity contribution in [2.45, 2.75) is 0 Å². The number of aromatic nitrogens is 1. The minimum atomic E-state index is -3.71. The number of rotatable bonds is 4. The molecule has 1 aromatic carbocycles. The highest BCUT2D eigenvalue weighted by Gasteiger charge is 2.06. The van der Waals surface area contributed by atoms with Gasteiger partial charge in [-0.15, -0.1) is 0 Å². The topological polar surface area (TPSA) is 59.1 Å². The SMILES string of the molecule is O=S(=O)(/C=C/c1ccccc1)Nc1cccc(F)n1. The highest BCUT2D eigenvalue weighted by Crippen LogP contribution is 2.09. The van der Waals surface area contributed by atoms with E-state index in [0.29, 0.717) is 0 Å². The Bertz CT molecular complexity index is 685. The predicted molar refractivity (Wildman–Crippen MR) is 72.2 cm³/mol. The quantitative estimate of drug-likeness (QED) is 0.875. The van der Waals surface area contributed by atoms with Crippen LogP contribution in [0.1, 0.15) is 5.56 Å². The molecule has 98 valence electrons. The summed E-state index contributed by atoms with van der Waals surface area (Å²) in [5.74, 6) is -0.801. The summed E-state index contributed by atoms with van der Waals surface area (Å²) >= 11 is 0. The number of nitrogens with one attached hydrogen (secondary N) is 1. The molecule has 0 atom stereocenters. The number of sulfonamides is 1. The molecular formula is C13H11FN2O2S. The van der Waals surface area contributed by atoms with Gasteiger partial charge in [-0.1, -0.05) is 36.4 Å². The predicted octanol–water partition coefficient (Wildman–Crippen LogP) is 2.63. The minimum absolute atomic E-state index is 0.0577. The largest absolute Gasteiger partial charge is 0.264 e. The first-order chi connectivity index (χ1) is 9.05. The van der Waals surface area contributed by atoms with Crippen LogP contribution in [0, 0.1) is 5.95 Å². The highest BCUT2D eigenvalue weighted by atomic mass is 32.2. The molecule has 0 aliphatic carbocycles. The molecule has 0 aliphatic heterocycles. The molecule has 0 fully saturated rings. The van der Waals surface area contributed by atoms with E-state index >= 15 is 0 Å². The fourth-order valence-electron chi connectivity index (χ4n) is 1.38. The van der Waals surface area contributed by atoms with Gasteiger partial charge in [0.15, 0.2) is 0 Å². The van der Waals surface area contributed by atoms with Crippen LogP contribution in [0.15, 0.2) is 53.9 Å². The van der Waals surface area contributed by atoms with Crippen LogP contribution < -0.4 is 4.72 Å². The maximum atomic E-state index is 12.8. The van der Waals surface area contributed by atoms with E-state index in [0.717, 1.165) is 17.0 Å². The molecule has 0 amide bonds. The van der Waals surface area contributed by atoms with E-state index in [2.05, 4.69) is 9.71 Å². The van der Waals surface area contributed by atoms with Gasteiger partial charge < -0.3 is 0 Å². The zero-order valence-electron chi connectivity index (χ0n) is 9.82. The van der Waals surface area contributed by atoms with Crippen molar-refractivity contribution >= 4 is 21.9 Å². The first kappa shape index (κ1) is 13.2. The third kappa shape index (κ3) is 4.18. The Labute approximate surface area is 110 Å². The van der Waals surface area contributed by atoms with E-state index in [1.54, 1.807) is 24.3 Å². The molecule has 6 heteroatoms. The lowest BCUT2D eigenvalue weighted by Gasteiger charge is -2.02. The molecule has 1 aromatic heterocycles. The fraction of sp³-hybridized carbons (Fsp3) is 0. The number of hydrogen-bond donors (Lipinski definition) is 1. The summed E-state index contributed by atoms with van der Waals surface area (Å²) < 4.78 is 38.4. The Kier molecular flexibility index (Phi) is 3.91. The summed E-state index contributed by atoms with van der Waals surface area (Å²) in [4.78, 5) is 3.42. The minimum Gasteiger partial charge on any atom is -0.264 e. The molecule has 4 nitrogen and oxygen atoms in total. The first-order valence-electron chi connectivity index (χ1n) is 5.44. The Morgan fingerprint density at radius 2 is 1.79 bits per heavy atom. The Balaban J connectivity index is 2.13. The summed E-state index contributed by atoms with van der Waals surface area (Å²) in [7, 11) is -3.71. The lowest BCUT2D eigenvalue weighted by Crippen LogP contribution is -2.10. The van der Waals surface area contributed by atoms with Gasteiger partial charge in [0.2, 0.25) is 5.95 Å². The zero-order chi connectivity index (χ0) is 13.7. The maximum absolute atomic E-state index is 12.8. The summed E-state index contributed by atoms with van der Waals surface area (Å²) in [5.41, 5.74) is 0.750. The van der Waals surface area contributed by atoms with Crippen molar-refractivity contribution < 1.29 is 12.8 Å². The first-order valence-corrected chi connectivity index (χ1v) is 6.98. The number of benzene rings is 1. The van der Waals surface area contributed by atoms with Crippen molar-refractivity contribution in [2.24, 2.45) is 0 Å². The second-order valence-corrected chi connectivity index (χ2v) is 5.27. The molecule has 0 unspecified atom stereocenters. The molecule has 0 aliphatic rings. The lowest BCUT2D eigenvalue weighted by atomic mass is 10.2. The van der Waals surface area contributed by atoms with Crippen molar-refractivity contribution in [3.05, 3.63) is 65.5 Å². The van der Waals surface area contributed by atoms with E-state index < -0.39 is 16.0 Å². The number of nitrogens with zero attached hydrogens (tertiary/aromatic N) is 1. The summed E-state index contributed by atoms with van der Waals surface area (Å²) in [6.45, 7) is 0. The van der Waals surface area contributed by atoms with Crippen LogP contribution in [0.5, 0.6) is 0 Å². The smallest absolute Gasteiger partial charge is 0.256 e. The van der Waals surface area contributed by atoms with Crippen LogP contribution in [-0.2, 0) is 10.0 Å². The summed E-state index contributed by atoms with van der Waals surface area (Å²) in [6, 6.07) is 12.9. The van der Waals surface area contributed by atoms with Crippen molar-refractivity contribution in [3.63, 3.8) is 0 Å². The van der Waals surface area contributed by atoms with E-state index in [-0.39, 0.29) is 5.82 Å².